The lowest BCUT2D eigenvalue weighted by molar-refractivity contribution is -0.870. The van der Waals surface area contributed by atoms with Crippen molar-refractivity contribution in [2.45, 2.75) is 257 Å². The van der Waals surface area contributed by atoms with Crippen LogP contribution < -0.4 is 10.2 Å². The first-order valence-electron chi connectivity index (χ1n) is 26.4. The fourth-order valence-electron chi connectivity index (χ4n) is 7.63. The fourth-order valence-corrected chi connectivity index (χ4v) is 8.36. The van der Waals surface area contributed by atoms with E-state index >= 15 is 0 Å². The third-order valence-corrected chi connectivity index (χ3v) is 12.8. The first-order chi connectivity index (χ1) is 30.0. The van der Waals surface area contributed by atoms with Gasteiger partial charge in [0.25, 0.3) is 7.82 Å². The highest BCUT2D eigenvalue weighted by molar-refractivity contribution is 7.45. The van der Waals surface area contributed by atoms with Gasteiger partial charge in [-0.05, 0) is 57.8 Å². The Bertz CT molecular complexity index is 1110. The first kappa shape index (κ1) is 60.7. The predicted octanol–water partition coefficient (Wildman–Crippen LogP) is 14.8. The van der Waals surface area contributed by atoms with Crippen LogP contribution in [0.3, 0.4) is 0 Å². The van der Waals surface area contributed by atoms with Gasteiger partial charge in [-0.3, -0.25) is 9.36 Å². The topological polar surface area (TPSA) is 108 Å². The van der Waals surface area contributed by atoms with Crippen LogP contribution in [-0.4, -0.2) is 68.5 Å². The number of aliphatic hydroxyl groups excluding tert-OH is 1. The lowest BCUT2D eigenvalue weighted by Gasteiger charge is -2.29. The van der Waals surface area contributed by atoms with E-state index < -0.39 is 26.6 Å². The molecule has 0 aliphatic rings. The molecule has 2 N–H and O–H groups in total. The van der Waals surface area contributed by atoms with E-state index in [4.69, 9.17) is 9.05 Å². The Balaban J connectivity index is 4.30. The molecule has 3 atom stereocenters. The van der Waals surface area contributed by atoms with Gasteiger partial charge in [-0.15, -0.1) is 0 Å². The van der Waals surface area contributed by atoms with Crippen LogP contribution in [0.1, 0.15) is 245 Å². The normalized spacial score (nSPS) is 14.4. The van der Waals surface area contributed by atoms with Gasteiger partial charge >= 0.3 is 0 Å². The summed E-state index contributed by atoms with van der Waals surface area (Å²) < 4.78 is 23.3. The number of phosphoric acid groups is 1. The van der Waals surface area contributed by atoms with E-state index in [9.17, 15) is 19.4 Å². The molecular formula is C53H103N2O6P. The fraction of sp³-hybridized carbons (Fsp3) is 0.868. The molecule has 0 aromatic carbocycles. The van der Waals surface area contributed by atoms with Crippen LogP contribution in [0.15, 0.2) is 36.5 Å². The van der Waals surface area contributed by atoms with Gasteiger partial charge in [-0.2, -0.15) is 0 Å². The molecule has 1 amide bonds. The number of amides is 1. The van der Waals surface area contributed by atoms with Crippen molar-refractivity contribution < 1.29 is 32.9 Å². The van der Waals surface area contributed by atoms with Crippen molar-refractivity contribution in [3.8, 4) is 0 Å². The number of phosphoric ester groups is 1. The van der Waals surface area contributed by atoms with Crippen LogP contribution in [0.25, 0.3) is 0 Å². The Hall–Kier alpha value is -1.28. The highest BCUT2D eigenvalue weighted by atomic mass is 31.2. The van der Waals surface area contributed by atoms with Crippen molar-refractivity contribution in [2.75, 3.05) is 40.9 Å². The maximum absolute atomic E-state index is 12.9. The number of nitrogens with one attached hydrogen (secondary N) is 1. The second-order valence-corrected chi connectivity index (χ2v) is 20.6. The van der Waals surface area contributed by atoms with Gasteiger partial charge in [0.15, 0.2) is 0 Å². The number of allylic oxidation sites excluding steroid dienone is 5. The number of quaternary nitrogens is 1. The number of likely N-dealkylation sites (N-methyl/N-ethyl adjacent to an activating group) is 1. The summed E-state index contributed by atoms with van der Waals surface area (Å²) in [5, 5.41) is 13.8. The van der Waals surface area contributed by atoms with Gasteiger partial charge in [-0.1, -0.05) is 217 Å². The third-order valence-electron chi connectivity index (χ3n) is 11.8. The molecule has 0 spiro atoms. The summed E-state index contributed by atoms with van der Waals surface area (Å²) in [5.74, 6) is -0.215. The SMILES string of the molecule is CCCCCCCC/C=C\CCCCCCCC(=O)NC(COP(=O)([O-])OCC[N+](C)(C)C)C(O)/C=C/CC/C=C/CCCCCCCCCCCCCCCCCCCCC. The second-order valence-electron chi connectivity index (χ2n) is 19.2. The third kappa shape index (κ3) is 46.7. The summed E-state index contributed by atoms with van der Waals surface area (Å²) in [7, 11) is 1.24. The first-order valence-corrected chi connectivity index (χ1v) is 27.8. The van der Waals surface area contributed by atoms with Gasteiger partial charge in [-0.25, -0.2) is 0 Å². The molecule has 0 aromatic heterocycles. The summed E-state index contributed by atoms with van der Waals surface area (Å²) in [4.78, 5) is 25.4. The molecule has 0 aromatic rings. The number of hydrogen-bond acceptors (Lipinski definition) is 6. The molecule has 62 heavy (non-hydrogen) atoms. The van der Waals surface area contributed by atoms with Crippen molar-refractivity contribution in [3.05, 3.63) is 36.5 Å². The summed E-state index contributed by atoms with van der Waals surface area (Å²) in [6, 6.07) is -0.906. The minimum atomic E-state index is -4.60. The van der Waals surface area contributed by atoms with Crippen molar-refractivity contribution in [1.29, 1.82) is 0 Å². The average Bonchev–Trinajstić information content (AvgIpc) is 3.23. The van der Waals surface area contributed by atoms with E-state index in [0.29, 0.717) is 17.4 Å². The van der Waals surface area contributed by atoms with Crippen LogP contribution >= 0.6 is 7.82 Å². The zero-order chi connectivity index (χ0) is 45.7. The number of nitrogens with zero attached hydrogens (tertiary/aromatic N) is 1. The second kappa shape index (κ2) is 44.9. The van der Waals surface area contributed by atoms with Crippen LogP contribution in [0.5, 0.6) is 0 Å². The van der Waals surface area contributed by atoms with Gasteiger partial charge in [0, 0.05) is 6.42 Å². The zero-order valence-electron chi connectivity index (χ0n) is 41.6. The van der Waals surface area contributed by atoms with Gasteiger partial charge in [0.05, 0.1) is 39.9 Å². The van der Waals surface area contributed by atoms with Crippen molar-refractivity contribution >= 4 is 13.7 Å². The molecule has 9 heteroatoms. The van der Waals surface area contributed by atoms with E-state index in [0.717, 1.165) is 51.4 Å². The molecule has 0 bridgehead atoms. The molecule has 0 fully saturated rings. The van der Waals surface area contributed by atoms with E-state index in [1.165, 1.54) is 173 Å². The molecule has 3 unspecified atom stereocenters. The predicted molar refractivity (Wildman–Crippen MR) is 265 cm³/mol. The van der Waals surface area contributed by atoms with E-state index in [1.54, 1.807) is 6.08 Å². The Labute approximate surface area is 385 Å². The minimum Gasteiger partial charge on any atom is -0.756 e. The molecule has 0 saturated heterocycles. The average molecular weight is 895 g/mol. The lowest BCUT2D eigenvalue weighted by Crippen LogP contribution is -2.45. The van der Waals surface area contributed by atoms with Gasteiger partial charge < -0.3 is 28.8 Å². The zero-order valence-corrected chi connectivity index (χ0v) is 42.5. The molecular weight excluding hydrogens is 792 g/mol. The molecule has 0 saturated carbocycles. The molecule has 8 nitrogen and oxygen atoms in total. The van der Waals surface area contributed by atoms with Crippen LogP contribution in [0.2, 0.25) is 0 Å². The monoisotopic (exact) mass is 895 g/mol. The quantitative estimate of drug-likeness (QED) is 0.0273. The molecule has 0 rings (SSSR count). The van der Waals surface area contributed by atoms with Gasteiger partial charge in [0.1, 0.15) is 13.2 Å². The highest BCUT2D eigenvalue weighted by Crippen LogP contribution is 2.38. The number of carbonyl (C=O) groups is 1. The van der Waals surface area contributed by atoms with E-state index in [1.807, 2.05) is 27.2 Å². The molecule has 0 aliphatic heterocycles. The lowest BCUT2D eigenvalue weighted by atomic mass is 10.0. The van der Waals surface area contributed by atoms with Crippen molar-refractivity contribution in [1.82, 2.24) is 5.32 Å². The molecule has 0 aliphatic carbocycles. The smallest absolute Gasteiger partial charge is 0.268 e. The standard InChI is InChI=1S/C53H103N2O6P/c1-6-8-10-12-14-16-18-20-22-23-24-25-26-27-28-29-30-31-33-34-36-38-40-42-44-46-52(56)51(50-61-62(58,59)60-49-48-55(3,4)5)54-53(57)47-45-43-41-39-37-35-32-21-19-17-15-13-11-9-7-2/h21,32,36,38,44,46,51-52,56H,6-20,22-31,33-35,37,39-43,45,47-50H2,1-5H3,(H-,54,57,58,59)/b32-21-,38-36+,46-44+. The Morgan fingerprint density at radius 1 is 0.548 bits per heavy atom. The number of rotatable bonds is 48. The summed E-state index contributed by atoms with van der Waals surface area (Å²) in [6.07, 6.45) is 56.4. The Morgan fingerprint density at radius 2 is 0.903 bits per heavy atom. The summed E-state index contributed by atoms with van der Waals surface area (Å²) in [6.45, 7) is 4.63. The number of carbonyl (C=O) groups excluding carboxylic acids is 1. The largest absolute Gasteiger partial charge is 0.756 e. The molecule has 366 valence electrons. The number of aliphatic hydroxyl groups is 1. The maximum atomic E-state index is 12.9. The summed E-state index contributed by atoms with van der Waals surface area (Å²) >= 11 is 0. The molecule has 0 heterocycles. The maximum Gasteiger partial charge on any atom is 0.268 e. The number of hydrogen-bond donors (Lipinski definition) is 2. The van der Waals surface area contributed by atoms with Crippen molar-refractivity contribution in [2.24, 2.45) is 0 Å². The summed E-state index contributed by atoms with van der Waals surface area (Å²) in [5.41, 5.74) is 0. The Kier molecular flexibility index (Phi) is 44.0. The van der Waals surface area contributed by atoms with Gasteiger partial charge in [0.2, 0.25) is 5.91 Å². The highest BCUT2D eigenvalue weighted by Gasteiger charge is 2.23. The van der Waals surface area contributed by atoms with Crippen LogP contribution in [0.4, 0.5) is 0 Å². The number of unbranched alkanes of at least 4 members (excludes halogenated alkanes) is 31. The Morgan fingerprint density at radius 3 is 1.31 bits per heavy atom. The van der Waals surface area contributed by atoms with E-state index in [2.05, 4.69) is 43.5 Å². The van der Waals surface area contributed by atoms with Crippen LogP contribution in [-0.2, 0) is 18.4 Å². The minimum absolute atomic E-state index is 0.00762. The van der Waals surface area contributed by atoms with E-state index in [-0.39, 0.29) is 12.5 Å². The van der Waals surface area contributed by atoms with Crippen LogP contribution in [0, 0.1) is 0 Å². The molecule has 0 radical (unpaired) electrons. The van der Waals surface area contributed by atoms with Crippen molar-refractivity contribution in [3.63, 3.8) is 0 Å².